The van der Waals surface area contributed by atoms with Crippen molar-refractivity contribution in [1.82, 2.24) is 9.97 Å². The fraction of sp³-hybridized carbons (Fsp3) is 0.217. The Morgan fingerprint density at radius 1 is 1.00 bits per heavy atom. The number of fused-ring (bicyclic) bond motifs is 1. The molecule has 3 N–H and O–H groups in total. The van der Waals surface area contributed by atoms with Gasteiger partial charge in [0.25, 0.3) is 0 Å². The van der Waals surface area contributed by atoms with E-state index in [1.807, 2.05) is 12.1 Å². The predicted molar refractivity (Wildman–Crippen MR) is 113 cm³/mol. The quantitative estimate of drug-likeness (QED) is 0.690. The SMILES string of the molecule is Cc1cccc(-c2cc(NCCC3=CCc4ccccc43)nc(N)n2)c1C. The highest BCUT2D eigenvalue weighted by Gasteiger charge is 2.13. The number of allylic oxidation sites excluding steroid dienone is 1. The van der Waals surface area contributed by atoms with Gasteiger partial charge in [0.1, 0.15) is 5.82 Å². The first-order valence-electron chi connectivity index (χ1n) is 9.34. The molecule has 4 nitrogen and oxygen atoms in total. The van der Waals surface area contributed by atoms with Crippen LogP contribution >= 0.6 is 0 Å². The first kappa shape index (κ1) is 17.3. The Hall–Kier alpha value is -3.14. The number of anilines is 2. The average Bonchev–Trinajstić information content (AvgIpc) is 3.07. The van der Waals surface area contributed by atoms with Crippen LogP contribution in [0.3, 0.4) is 0 Å². The summed E-state index contributed by atoms with van der Waals surface area (Å²) in [5.41, 5.74) is 14.6. The molecule has 136 valence electrons. The van der Waals surface area contributed by atoms with Gasteiger partial charge in [-0.25, -0.2) is 4.98 Å². The van der Waals surface area contributed by atoms with Crippen LogP contribution in [0.25, 0.3) is 16.8 Å². The van der Waals surface area contributed by atoms with Gasteiger partial charge in [-0.15, -0.1) is 0 Å². The highest BCUT2D eigenvalue weighted by molar-refractivity contribution is 5.73. The maximum atomic E-state index is 5.97. The van der Waals surface area contributed by atoms with E-state index in [0.29, 0.717) is 5.95 Å². The third kappa shape index (κ3) is 3.56. The molecule has 0 atom stereocenters. The number of nitrogens with two attached hydrogens (primary N) is 1. The lowest BCUT2D eigenvalue weighted by molar-refractivity contribution is 1.05. The Morgan fingerprint density at radius 2 is 1.81 bits per heavy atom. The second-order valence-electron chi connectivity index (χ2n) is 7.01. The molecule has 3 aromatic rings. The summed E-state index contributed by atoms with van der Waals surface area (Å²) in [4.78, 5) is 8.79. The molecular formula is C23H24N4. The van der Waals surface area contributed by atoms with Gasteiger partial charge in [-0.1, -0.05) is 48.5 Å². The number of hydrogen-bond donors (Lipinski definition) is 2. The van der Waals surface area contributed by atoms with Crippen LogP contribution < -0.4 is 11.1 Å². The fourth-order valence-electron chi connectivity index (χ4n) is 3.64. The molecule has 27 heavy (non-hydrogen) atoms. The Balaban J connectivity index is 1.49. The number of nitrogen functional groups attached to an aromatic ring is 1. The van der Waals surface area contributed by atoms with Crippen LogP contribution in [0.1, 0.15) is 28.7 Å². The summed E-state index contributed by atoms with van der Waals surface area (Å²) < 4.78 is 0. The van der Waals surface area contributed by atoms with Crippen molar-refractivity contribution >= 4 is 17.3 Å². The second kappa shape index (κ2) is 7.23. The van der Waals surface area contributed by atoms with E-state index in [9.17, 15) is 0 Å². The van der Waals surface area contributed by atoms with Gasteiger partial charge in [0.05, 0.1) is 5.69 Å². The van der Waals surface area contributed by atoms with E-state index < -0.39 is 0 Å². The minimum absolute atomic E-state index is 0.293. The number of rotatable bonds is 5. The van der Waals surface area contributed by atoms with E-state index in [0.717, 1.165) is 36.5 Å². The normalized spacial score (nSPS) is 12.6. The summed E-state index contributed by atoms with van der Waals surface area (Å²) in [6, 6.07) is 16.8. The molecule has 0 bridgehead atoms. The number of benzene rings is 2. The molecule has 0 fully saturated rings. The number of hydrogen-bond acceptors (Lipinski definition) is 4. The molecule has 1 aliphatic carbocycles. The highest BCUT2D eigenvalue weighted by Crippen LogP contribution is 2.30. The summed E-state index contributed by atoms with van der Waals surface area (Å²) in [5, 5.41) is 3.42. The van der Waals surface area contributed by atoms with E-state index in [4.69, 9.17) is 5.73 Å². The molecule has 1 aliphatic rings. The third-order valence-electron chi connectivity index (χ3n) is 5.26. The second-order valence-corrected chi connectivity index (χ2v) is 7.01. The molecule has 0 saturated heterocycles. The summed E-state index contributed by atoms with van der Waals surface area (Å²) in [5.74, 6) is 1.06. The largest absolute Gasteiger partial charge is 0.370 e. The Morgan fingerprint density at radius 3 is 2.70 bits per heavy atom. The van der Waals surface area contributed by atoms with Gasteiger partial charge in [0.15, 0.2) is 0 Å². The highest BCUT2D eigenvalue weighted by atomic mass is 15.1. The van der Waals surface area contributed by atoms with Crippen LogP contribution in [0.4, 0.5) is 11.8 Å². The molecular weight excluding hydrogens is 332 g/mol. The minimum atomic E-state index is 0.293. The molecule has 1 heterocycles. The molecule has 4 heteroatoms. The zero-order chi connectivity index (χ0) is 18.8. The lowest BCUT2D eigenvalue weighted by Crippen LogP contribution is -2.07. The van der Waals surface area contributed by atoms with E-state index >= 15 is 0 Å². The van der Waals surface area contributed by atoms with Crippen LogP contribution in [0.2, 0.25) is 0 Å². The van der Waals surface area contributed by atoms with Gasteiger partial charge in [-0.2, -0.15) is 4.98 Å². The molecule has 1 aromatic heterocycles. The third-order valence-corrected chi connectivity index (χ3v) is 5.26. The summed E-state index contributed by atoms with van der Waals surface area (Å²) in [6.07, 6.45) is 4.31. The van der Waals surface area contributed by atoms with Gasteiger partial charge in [-0.3, -0.25) is 0 Å². The van der Waals surface area contributed by atoms with Crippen molar-refractivity contribution in [1.29, 1.82) is 0 Å². The van der Waals surface area contributed by atoms with Crippen molar-refractivity contribution in [3.05, 3.63) is 76.9 Å². The van der Waals surface area contributed by atoms with E-state index in [-0.39, 0.29) is 0 Å². The van der Waals surface area contributed by atoms with Crippen LogP contribution in [0.15, 0.2) is 54.6 Å². The number of aryl methyl sites for hydroxylation is 1. The van der Waals surface area contributed by atoms with Crippen molar-refractivity contribution in [3.63, 3.8) is 0 Å². The molecule has 0 radical (unpaired) electrons. The smallest absolute Gasteiger partial charge is 0.222 e. The van der Waals surface area contributed by atoms with Crippen molar-refractivity contribution in [2.75, 3.05) is 17.6 Å². The topological polar surface area (TPSA) is 63.8 Å². The van der Waals surface area contributed by atoms with Crippen molar-refractivity contribution < 1.29 is 0 Å². The van der Waals surface area contributed by atoms with E-state index in [1.54, 1.807) is 0 Å². The minimum Gasteiger partial charge on any atom is -0.370 e. The van der Waals surface area contributed by atoms with Gasteiger partial charge in [-0.05, 0) is 54.5 Å². The van der Waals surface area contributed by atoms with E-state index in [2.05, 4.69) is 71.6 Å². The predicted octanol–water partition coefficient (Wildman–Crippen LogP) is 4.78. The molecule has 2 aromatic carbocycles. The summed E-state index contributed by atoms with van der Waals surface area (Å²) >= 11 is 0. The van der Waals surface area contributed by atoms with E-state index in [1.165, 1.54) is 27.8 Å². The average molecular weight is 356 g/mol. The molecule has 4 rings (SSSR count). The monoisotopic (exact) mass is 356 g/mol. The number of nitrogens with zero attached hydrogens (tertiary/aromatic N) is 2. The Bertz CT molecular complexity index is 1020. The Kier molecular flexibility index (Phi) is 4.63. The summed E-state index contributed by atoms with van der Waals surface area (Å²) in [7, 11) is 0. The van der Waals surface area contributed by atoms with Crippen LogP contribution in [0, 0.1) is 13.8 Å². The lowest BCUT2D eigenvalue weighted by atomic mass is 10.0. The van der Waals surface area contributed by atoms with Crippen LogP contribution in [-0.4, -0.2) is 16.5 Å². The molecule has 0 saturated carbocycles. The van der Waals surface area contributed by atoms with Gasteiger partial charge in [0, 0.05) is 18.2 Å². The zero-order valence-corrected chi connectivity index (χ0v) is 15.8. The number of aromatic nitrogens is 2. The first-order valence-corrected chi connectivity index (χ1v) is 9.34. The molecule has 0 unspecified atom stereocenters. The van der Waals surface area contributed by atoms with Crippen molar-refractivity contribution in [3.8, 4) is 11.3 Å². The van der Waals surface area contributed by atoms with Crippen molar-refractivity contribution in [2.24, 2.45) is 0 Å². The zero-order valence-electron chi connectivity index (χ0n) is 15.8. The maximum absolute atomic E-state index is 5.97. The molecule has 0 amide bonds. The maximum Gasteiger partial charge on any atom is 0.222 e. The van der Waals surface area contributed by atoms with Crippen LogP contribution in [0.5, 0.6) is 0 Å². The molecule has 0 aliphatic heterocycles. The fourth-order valence-corrected chi connectivity index (χ4v) is 3.64. The van der Waals surface area contributed by atoms with Crippen LogP contribution in [-0.2, 0) is 6.42 Å². The van der Waals surface area contributed by atoms with Gasteiger partial charge in [0.2, 0.25) is 5.95 Å². The molecule has 0 spiro atoms. The van der Waals surface area contributed by atoms with Gasteiger partial charge < -0.3 is 11.1 Å². The van der Waals surface area contributed by atoms with Gasteiger partial charge >= 0.3 is 0 Å². The number of nitrogens with one attached hydrogen (secondary N) is 1. The lowest BCUT2D eigenvalue weighted by Gasteiger charge is -2.12. The van der Waals surface area contributed by atoms with Crippen molar-refractivity contribution in [2.45, 2.75) is 26.7 Å². The standard InChI is InChI=1S/C23H24N4/c1-15-6-5-9-19(16(15)2)21-14-22(27-23(24)26-21)25-13-12-18-11-10-17-7-3-4-8-20(17)18/h3-9,11,14H,10,12-13H2,1-2H3,(H3,24,25,26,27). The first-order chi connectivity index (χ1) is 13.1. The summed E-state index contributed by atoms with van der Waals surface area (Å²) in [6.45, 7) is 5.03. The Labute approximate surface area is 160 Å².